The minimum Gasteiger partial charge on any atom is -0.354 e. The van der Waals surface area contributed by atoms with Gasteiger partial charge in [-0.1, -0.05) is 30.3 Å². The van der Waals surface area contributed by atoms with E-state index in [-0.39, 0.29) is 5.52 Å². The molecule has 0 spiro atoms. The summed E-state index contributed by atoms with van der Waals surface area (Å²) in [6.45, 7) is 0. The van der Waals surface area contributed by atoms with Gasteiger partial charge >= 0.3 is 0 Å². The summed E-state index contributed by atoms with van der Waals surface area (Å²) in [6, 6.07) is 10.8. The second-order valence-electron chi connectivity index (χ2n) is 4.32. The molecule has 0 saturated carbocycles. The minimum absolute atomic E-state index is 0.0762. The minimum atomic E-state index is -1.64. The molecular formula is C15H8F3NO. The van der Waals surface area contributed by atoms with Gasteiger partial charge in [0.05, 0.1) is 10.9 Å². The van der Waals surface area contributed by atoms with Crippen LogP contribution in [0.25, 0.3) is 22.2 Å². The summed E-state index contributed by atoms with van der Waals surface area (Å²) in [5.41, 5.74) is 0.326. The van der Waals surface area contributed by atoms with Gasteiger partial charge in [0.1, 0.15) is 0 Å². The number of pyridine rings is 1. The molecule has 0 bridgehead atoms. The molecule has 1 aromatic heterocycles. The van der Waals surface area contributed by atoms with Gasteiger partial charge in [-0.2, -0.15) is 0 Å². The lowest BCUT2D eigenvalue weighted by Crippen LogP contribution is -2.08. The number of hydrogen-bond acceptors (Lipinski definition) is 1. The van der Waals surface area contributed by atoms with E-state index in [1.807, 2.05) is 0 Å². The Kier molecular flexibility index (Phi) is 2.82. The molecule has 0 fully saturated rings. The fourth-order valence-electron chi connectivity index (χ4n) is 2.09. The molecule has 0 aliphatic heterocycles. The Morgan fingerprint density at radius 1 is 0.900 bits per heavy atom. The van der Waals surface area contributed by atoms with Crippen LogP contribution >= 0.6 is 0 Å². The number of H-pyrrole nitrogens is 1. The SMILES string of the molecule is O=c1cc(-c2ccccc2)[nH]c2cc(F)c(F)c(F)c12. The Morgan fingerprint density at radius 2 is 1.60 bits per heavy atom. The molecule has 20 heavy (non-hydrogen) atoms. The Labute approximate surface area is 111 Å². The molecule has 3 rings (SSSR count). The van der Waals surface area contributed by atoms with Crippen molar-refractivity contribution < 1.29 is 13.2 Å². The molecule has 0 amide bonds. The summed E-state index contributed by atoms with van der Waals surface area (Å²) in [7, 11) is 0. The molecule has 5 heteroatoms. The molecule has 2 nitrogen and oxygen atoms in total. The van der Waals surface area contributed by atoms with E-state index in [9.17, 15) is 18.0 Å². The van der Waals surface area contributed by atoms with Gasteiger partial charge in [0.15, 0.2) is 22.9 Å². The van der Waals surface area contributed by atoms with Crippen LogP contribution in [0.3, 0.4) is 0 Å². The van der Waals surface area contributed by atoms with Crippen molar-refractivity contribution >= 4 is 10.9 Å². The molecule has 1 N–H and O–H groups in total. The molecular weight excluding hydrogens is 267 g/mol. The van der Waals surface area contributed by atoms with E-state index in [0.717, 1.165) is 12.1 Å². The van der Waals surface area contributed by atoms with E-state index in [2.05, 4.69) is 4.98 Å². The predicted molar refractivity (Wildman–Crippen MR) is 69.9 cm³/mol. The number of halogens is 3. The Balaban J connectivity index is 2.36. The van der Waals surface area contributed by atoms with Crippen LogP contribution in [-0.4, -0.2) is 4.98 Å². The zero-order valence-corrected chi connectivity index (χ0v) is 10.1. The van der Waals surface area contributed by atoms with Crippen LogP contribution in [-0.2, 0) is 0 Å². The lowest BCUT2D eigenvalue weighted by atomic mass is 10.1. The third-order valence-electron chi connectivity index (χ3n) is 3.04. The van der Waals surface area contributed by atoms with E-state index < -0.39 is 28.3 Å². The molecule has 2 aromatic carbocycles. The molecule has 0 atom stereocenters. The van der Waals surface area contributed by atoms with E-state index in [4.69, 9.17) is 0 Å². The zero-order chi connectivity index (χ0) is 14.3. The normalized spacial score (nSPS) is 10.9. The fraction of sp³-hybridized carbons (Fsp3) is 0. The highest BCUT2D eigenvalue weighted by molar-refractivity contribution is 5.82. The number of aromatic nitrogens is 1. The van der Waals surface area contributed by atoms with Crippen LogP contribution in [0.4, 0.5) is 13.2 Å². The van der Waals surface area contributed by atoms with Crippen LogP contribution in [0.2, 0.25) is 0 Å². The molecule has 0 unspecified atom stereocenters. The lowest BCUT2D eigenvalue weighted by Gasteiger charge is -2.06. The van der Waals surface area contributed by atoms with Gasteiger partial charge < -0.3 is 4.98 Å². The van der Waals surface area contributed by atoms with Crippen LogP contribution in [0.5, 0.6) is 0 Å². The number of benzene rings is 2. The third-order valence-corrected chi connectivity index (χ3v) is 3.04. The first kappa shape index (κ1) is 12.5. The van der Waals surface area contributed by atoms with Crippen molar-refractivity contribution in [3.8, 4) is 11.3 Å². The van der Waals surface area contributed by atoms with Crippen molar-refractivity contribution in [1.82, 2.24) is 4.98 Å². The molecule has 0 aliphatic carbocycles. The van der Waals surface area contributed by atoms with Crippen LogP contribution in [0, 0.1) is 17.5 Å². The van der Waals surface area contributed by atoms with Gasteiger partial charge in [-0.15, -0.1) is 0 Å². The first-order chi connectivity index (χ1) is 9.58. The van der Waals surface area contributed by atoms with Gasteiger partial charge in [-0.05, 0) is 5.56 Å². The number of aromatic amines is 1. The smallest absolute Gasteiger partial charge is 0.195 e. The highest BCUT2D eigenvalue weighted by Gasteiger charge is 2.17. The largest absolute Gasteiger partial charge is 0.354 e. The standard InChI is InChI=1S/C15H8F3NO/c16-9-6-11-13(15(18)14(9)17)12(20)7-10(19-11)8-4-2-1-3-5-8/h1-7H,(H,19,20). The van der Waals surface area contributed by atoms with Crippen molar-refractivity contribution in [2.45, 2.75) is 0 Å². The van der Waals surface area contributed by atoms with Gasteiger partial charge in [-0.3, -0.25) is 4.79 Å². The van der Waals surface area contributed by atoms with Gasteiger partial charge in [0.25, 0.3) is 0 Å². The maximum Gasteiger partial charge on any atom is 0.195 e. The van der Waals surface area contributed by atoms with E-state index in [0.29, 0.717) is 11.3 Å². The predicted octanol–water partition coefficient (Wildman–Crippen LogP) is 3.61. The van der Waals surface area contributed by atoms with Crippen molar-refractivity contribution in [2.75, 3.05) is 0 Å². The van der Waals surface area contributed by atoms with Crippen molar-refractivity contribution in [2.24, 2.45) is 0 Å². The maximum atomic E-state index is 13.6. The van der Waals surface area contributed by atoms with Gasteiger partial charge in [0.2, 0.25) is 0 Å². The number of rotatable bonds is 1. The van der Waals surface area contributed by atoms with Crippen LogP contribution in [0.15, 0.2) is 47.3 Å². The summed E-state index contributed by atoms with van der Waals surface area (Å²) < 4.78 is 40.0. The Morgan fingerprint density at radius 3 is 2.30 bits per heavy atom. The summed E-state index contributed by atoms with van der Waals surface area (Å²) in [5.74, 6) is -4.45. The maximum absolute atomic E-state index is 13.6. The summed E-state index contributed by atoms with van der Waals surface area (Å²) in [6.07, 6.45) is 0. The van der Waals surface area contributed by atoms with Crippen molar-refractivity contribution in [1.29, 1.82) is 0 Å². The Hall–Kier alpha value is -2.56. The number of fused-ring (bicyclic) bond motifs is 1. The second-order valence-corrected chi connectivity index (χ2v) is 4.32. The monoisotopic (exact) mass is 275 g/mol. The topological polar surface area (TPSA) is 32.9 Å². The van der Waals surface area contributed by atoms with Crippen LogP contribution < -0.4 is 5.43 Å². The van der Waals surface area contributed by atoms with Crippen LogP contribution in [0.1, 0.15) is 0 Å². The van der Waals surface area contributed by atoms with E-state index in [1.54, 1.807) is 30.3 Å². The molecule has 0 radical (unpaired) electrons. The van der Waals surface area contributed by atoms with E-state index >= 15 is 0 Å². The average molecular weight is 275 g/mol. The van der Waals surface area contributed by atoms with Gasteiger partial charge in [-0.25, -0.2) is 13.2 Å². The molecule has 0 aliphatic rings. The number of nitrogens with one attached hydrogen (secondary N) is 1. The first-order valence-corrected chi connectivity index (χ1v) is 5.84. The third kappa shape index (κ3) is 1.87. The fourth-order valence-corrected chi connectivity index (χ4v) is 2.09. The Bertz CT molecular complexity index is 856. The van der Waals surface area contributed by atoms with Crippen molar-refractivity contribution in [3.63, 3.8) is 0 Å². The molecule has 0 saturated heterocycles. The summed E-state index contributed by atoms with van der Waals surface area (Å²) in [5, 5.41) is -0.483. The quantitative estimate of drug-likeness (QED) is 0.676. The second kappa shape index (κ2) is 4.52. The lowest BCUT2D eigenvalue weighted by molar-refractivity contribution is 0.453. The number of hydrogen-bond donors (Lipinski definition) is 1. The van der Waals surface area contributed by atoms with Gasteiger partial charge in [0, 0.05) is 17.8 Å². The summed E-state index contributed by atoms with van der Waals surface area (Å²) in [4.78, 5) is 14.7. The zero-order valence-electron chi connectivity index (χ0n) is 10.1. The molecule has 1 heterocycles. The highest BCUT2D eigenvalue weighted by atomic mass is 19.2. The average Bonchev–Trinajstić information content (AvgIpc) is 2.45. The molecule has 100 valence electrons. The van der Waals surface area contributed by atoms with E-state index in [1.165, 1.54) is 0 Å². The van der Waals surface area contributed by atoms with Crippen molar-refractivity contribution in [3.05, 3.63) is 70.1 Å². The highest BCUT2D eigenvalue weighted by Crippen LogP contribution is 2.22. The first-order valence-electron chi connectivity index (χ1n) is 5.84. The summed E-state index contributed by atoms with van der Waals surface area (Å²) >= 11 is 0. The molecule has 3 aromatic rings.